The number of carboxylic acid groups (broad SMARTS) is 1. The lowest BCUT2D eigenvalue weighted by Gasteiger charge is -2.36. The third-order valence-corrected chi connectivity index (χ3v) is 7.71. The van der Waals surface area contributed by atoms with Gasteiger partial charge in [0.05, 0.1) is 11.8 Å². The Hall–Kier alpha value is -2.74. The molecule has 0 spiro atoms. The largest absolute Gasteiger partial charge is 0.481 e. The predicted octanol–water partition coefficient (Wildman–Crippen LogP) is 3.82. The Morgan fingerprint density at radius 3 is 2.58 bits per heavy atom. The van der Waals surface area contributed by atoms with E-state index in [1.807, 2.05) is 48.4 Å². The Kier molecular flexibility index (Phi) is 5.25. The first-order valence-electron chi connectivity index (χ1n) is 10.9. The number of carbonyl (C=O) groups is 2. The summed E-state index contributed by atoms with van der Waals surface area (Å²) in [4.78, 5) is 37.1. The maximum absolute atomic E-state index is 13.2. The van der Waals surface area contributed by atoms with Crippen molar-refractivity contribution < 1.29 is 14.7 Å². The highest BCUT2D eigenvalue weighted by Crippen LogP contribution is 2.49. The molecule has 1 amide bonds. The minimum Gasteiger partial charge on any atom is -0.481 e. The fourth-order valence-electron chi connectivity index (χ4n) is 5.37. The molecule has 7 nitrogen and oxygen atoms in total. The minimum absolute atomic E-state index is 0.00931. The van der Waals surface area contributed by atoms with E-state index >= 15 is 0 Å². The molecule has 0 radical (unpaired) electrons. The summed E-state index contributed by atoms with van der Waals surface area (Å²) in [7, 11) is 0. The number of fused-ring (bicyclic) bond motifs is 2. The van der Waals surface area contributed by atoms with Crippen molar-refractivity contribution in [1.29, 1.82) is 0 Å². The van der Waals surface area contributed by atoms with Gasteiger partial charge >= 0.3 is 5.97 Å². The number of hydrogen-bond donors (Lipinski definition) is 2. The predicted molar refractivity (Wildman–Crippen MR) is 118 cm³/mol. The average Bonchev–Trinajstić information content (AvgIpc) is 3.49. The van der Waals surface area contributed by atoms with Gasteiger partial charge in [0, 0.05) is 35.8 Å². The Morgan fingerprint density at radius 2 is 1.90 bits per heavy atom. The molecule has 2 N–H and O–H groups in total. The zero-order valence-electron chi connectivity index (χ0n) is 17.4. The van der Waals surface area contributed by atoms with Crippen LogP contribution in [0.3, 0.4) is 0 Å². The van der Waals surface area contributed by atoms with Gasteiger partial charge in [0.1, 0.15) is 5.82 Å². The van der Waals surface area contributed by atoms with Crippen molar-refractivity contribution in [3.8, 4) is 0 Å². The maximum Gasteiger partial charge on any atom is 0.307 e. The van der Waals surface area contributed by atoms with E-state index in [4.69, 9.17) is 4.98 Å². The summed E-state index contributed by atoms with van der Waals surface area (Å²) < 4.78 is 0. The second-order valence-electron chi connectivity index (χ2n) is 8.79. The van der Waals surface area contributed by atoms with Crippen molar-refractivity contribution in [2.45, 2.75) is 32.1 Å². The van der Waals surface area contributed by atoms with E-state index in [1.165, 1.54) is 0 Å². The van der Waals surface area contributed by atoms with Crippen LogP contribution in [0.4, 0.5) is 10.9 Å². The summed E-state index contributed by atoms with van der Waals surface area (Å²) in [5.74, 6) is -0.636. The number of carbonyl (C=O) groups excluding carboxylic acids is 1. The third-order valence-electron chi connectivity index (χ3n) is 6.88. The van der Waals surface area contributed by atoms with Crippen LogP contribution in [0.25, 0.3) is 0 Å². The Morgan fingerprint density at radius 1 is 1.16 bits per heavy atom. The number of amides is 1. The molecule has 1 aliphatic heterocycles. The maximum atomic E-state index is 13.2. The number of piperidine rings is 1. The zero-order valence-corrected chi connectivity index (χ0v) is 18.2. The summed E-state index contributed by atoms with van der Waals surface area (Å²) in [6, 6.07) is 5.98. The number of pyridine rings is 1. The lowest BCUT2D eigenvalue weighted by molar-refractivity contribution is -0.151. The van der Waals surface area contributed by atoms with E-state index in [9.17, 15) is 14.7 Å². The van der Waals surface area contributed by atoms with Crippen molar-refractivity contribution in [2.24, 2.45) is 23.7 Å². The second-order valence-corrected chi connectivity index (χ2v) is 10.0. The lowest BCUT2D eigenvalue weighted by Crippen LogP contribution is -2.46. The molecule has 31 heavy (non-hydrogen) atoms. The first-order chi connectivity index (χ1) is 15.0. The number of rotatable bonds is 5. The first kappa shape index (κ1) is 20.2. The van der Waals surface area contributed by atoms with Gasteiger partial charge in [-0.1, -0.05) is 18.2 Å². The molecule has 1 saturated heterocycles. The summed E-state index contributed by atoms with van der Waals surface area (Å²) in [6.45, 7) is 3.32. The zero-order chi connectivity index (χ0) is 21.5. The van der Waals surface area contributed by atoms with E-state index in [-0.39, 0.29) is 17.7 Å². The van der Waals surface area contributed by atoms with Gasteiger partial charge in [-0.2, -0.15) is 0 Å². The number of thiazole rings is 1. The van der Waals surface area contributed by atoms with Gasteiger partial charge in [-0.3, -0.25) is 9.59 Å². The molecule has 3 aliphatic rings. The molecule has 0 aromatic carbocycles. The lowest BCUT2D eigenvalue weighted by atomic mass is 9.81. The van der Waals surface area contributed by atoms with Crippen LogP contribution in [0, 0.1) is 30.6 Å². The number of likely N-dealkylation sites (tertiary alicyclic amines) is 1. The monoisotopic (exact) mass is 438 g/mol. The average molecular weight is 439 g/mol. The van der Waals surface area contributed by atoms with Crippen LogP contribution in [0.15, 0.2) is 36.5 Å². The molecule has 4 atom stereocenters. The number of carboxylic acids is 1. The number of nitrogens with one attached hydrogen (secondary N) is 1. The van der Waals surface area contributed by atoms with Crippen LogP contribution >= 0.6 is 11.3 Å². The van der Waals surface area contributed by atoms with E-state index in [0.717, 1.165) is 40.8 Å². The van der Waals surface area contributed by atoms with Crippen molar-refractivity contribution in [1.82, 2.24) is 14.9 Å². The van der Waals surface area contributed by atoms with Crippen molar-refractivity contribution in [2.75, 3.05) is 18.4 Å². The topological polar surface area (TPSA) is 95.4 Å². The molecule has 2 aromatic heterocycles. The molecular weight excluding hydrogens is 412 g/mol. The number of nitrogens with zero attached hydrogens (tertiary/aromatic N) is 3. The molecule has 2 aromatic rings. The fourth-order valence-corrected chi connectivity index (χ4v) is 6.04. The normalized spacial score (nSPS) is 27.6. The summed E-state index contributed by atoms with van der Waals surface area (Å²) >= 11 is 1.59. The van der Waals surface area contributed by atoms with E-state index < -0.39 is 17.8 Å². The molecule has 8 heteroatoms. The fraction of sp³-hybridized carbons (Fsp3) is 0.478. The van der Waals surface area contributed by atoms with Crippen LogP contribution in [-0.2, 0) is 9.59 Å². The summed E-state index contributed by atoms with van der Waals surface area (Å²) in [5.41, 5.74) is 1.02. The van der Waals surface area contributed by atoms with Gasteiger partial charge in [0.2, 0.25) is 5.91 Å². The molecule has 162 valence electrons. The second kappa shape index (κ2) is 8.07. The molecule has 5 rings (SSSR count). The van der Waals surface area contributed by atoms with E-state index in [1.54, 1.807) is 11.3 Å². The van der Waals surface area contributed by atoms with E-state index in [2.05, 4.69) is 10.3 Å². The molecule has 1 saturated carbocycles. The number of allylic oxidation sites excluding steroid dienone is 2. The van der Waals surface area contributed by atoms with Crippen LogP contribution in [0.5, 0.6) is 0 Å². The smallest absolute Gasteiger partial charge is 0.307 e. The molecule has 2 aliphatic carbocycles. The highest BCUT2D eigenvalue weighted by atomic mass is 32.1. The van der Waals surface area contributed by atoms with Gasteiger partial charge in [-0.25, -0.2) is 9.97 Å². The van der Waals surface area contributed by atoms with Crippen molar-refractivity contribution >= 4 is 34.2 Å². The summed E-state index contributed by atoms with van der Waals surface area (Å²) in [6.07, 6.45) is 8.35. The quantitative estimate of drug-likeness (QED) is 0.689. The van der Waals surface area contributed by atoms with Gasteiger partial charge < -0.3 is 15.3 Å². The molecule has 2 fully saturated rings. The van der Waals surface area contributed by atoms with Gasteiger partial charge in [-0.05, 0) is 50.2 Å². The molecular formula is C23H26N4O3S. The number of anilines is 2. The SMILES string of the molecule is Cc1cnc(Nc2cccc(C3CCN(C(=O)[C@H]4[C@@H](C(=O)O)[C@H]5C=C[C@@H]4C5)CC3)n2)s1. The standard InChI is InChI=1S/C23H26N4O3S/c1-13-12-24-23(31-13)26-18-4-2-3-17(25-18)14-7-9-27(10-8-14)21(28)19-15-5-6-16(11-15)20(19)22(29)30/h2-6,12,14-16,19-20H,7-11H2,1H3,(H,29,30)(H,24,25,26)/t15-,16+,19-,20+/m1/s1. The number of hydrogen-bond acceptors (Lipinski definition) is 6. The van der Waals surface area contributed by atoms with Crippen LogP contribution in [0.2, 0.25) is 0 Å². The van der Waals surface area contributed by atoms with Crippen molar-refractivity contribution in [3.05, 3.63) is 47.1 Å². The van der Waals surface area contributed by atoms with Gasteiger partial charge in [-0.15, -0.1) is 11.3 Å². The van der Waals surface area contributed by atoms with Crippen molar-refractivity contribution in [3.63, 3.8) is 0 Å². The highest BCUT2D eigenvalue weighted by molar-refractivity contribution is 7.15. The third kappa shape index (κ3) is 3.84. The van der Waals surface area contributed by atoms with Crippen LogP contribution in [0.1, 0.15) is 35.8 Å². The molecule has 2 bridgehead atoms. The highest BCUT2D eigenvalue weighted by Gasteiger charge is 2.52. The Bertz CT molecular complexity index is 1030. The Labute approximate surface area is 185 Å². The first-order valence-corrected chi connectivity index (χ1v) is 11.7. The van der Waals surface area contributed by atoms with Crippen LogP contribution < -0.4 is 5.32 Å². The summed E-state index contributed by atoms with van der Waals surface area (Å²) in [5, 5.41) is 13.8. The minimum atomic E-state index is -0.839. The number of aryl methyl sites for hydroxylation is 1. The number of aliphatic carboxylic acids is 1. The van der Waals surface area contributed by atoms with E-state index in [0.29, 0.717) is 19.0 Å². The van der Waals surface area contributed by atoms with Crippen LogP contribution in [-0.4, -0.2) is 44.9 Å². The van der Waals surface area contributed by atoms with Gasteiger partial charge in [0.15, 0.2) is 5.13 Å². The van der Waals surface area contributed by atoms with Gasteiger partial charge in [0.25, 0.3) is 0 Å². The molecule has 3 heterocycles. The number of aromatic nitrogens is 2. The Balaban J connectivity index is 1.23. The molecule has 0 unspecified atom stereocenters.